The number of hydrogen-bond acceptors (Lipinski definition) is 2. The molecule has 2 nitrogen and oxygen atoms in total. The van der Waals surface area contributed by atoms with Gasteiger partial charge in [0.1, 0.15) is 0 Å². The molecule has 0 unspecified atom stereocenters. The fourth-order valence-corrected chi connectivity index (χ4v) is 3.66. The zero-order chi connectivity index (χ0) is 14.3. The molecule has 2 heteroatoms. The van der Waals surface area contributed by atoms with Gasteiger partial charge in [-0.3, -0.25) is 4.90 Å². The van der Waals surface area contributed by atoms with Crippen molar-refractivity contribution in [3.05, 3.63) is 35.9 Å². The van der Waals surface area contributed by atoms with Gasteiger partial charge >= 0.3 is 0 Å². The Bertz CT molecular complexity index is 368. The third-order valence-corrected chi connectivity index (χ3v) is 4.81. The Morgan fingerprint density at radius 2 is 1.80 bits per heavy atom. The molecule has 1 aliphatic carbocycles. The van der Waals surface area contributed by atoms with Crippen LogP contribution in [0.5, 0.6) is 0 Å². The van der Waals surface area contributed by atoms with Gasteiger partial charge in [0.05, 0.1) is 0 Å². The van der Waals surface area contributed by atoms with Crippen LogP contribution in [0.15, 0.2) is 30.3 Å². The monoisotopic (exact) mass is 274 g/mol. The molecule has 2 N–H and O–H groups in total. The van der Waals surface area contributed by atoms with E-state index >= 15 is 0 Å². The van der Waals surface area contributed by atoms with Gasteiger partial charge in [0.2, 0.25) is 0 Å². The molecule has 1 saturated carbocycles. The van der Waals surface area contributed by atoms with Crippen LogP contribution >= 0.6 is 0 Å². The standard InChI is InChI=1S/C18H30N2/c1-2-14-20(18(16-19)12-6-7-13-18)15-8-11-17-9-4-3-5-10-17/h3-5,9-10H,2,6-8,11-16,19H2,1H3. The average Bonchev–Trinajstić information content (AvgIpc) is 2.97. The third kappa shape index (κ3) is 3.83. The van der Waals surface area contributed by atoms with Crippen LogP contribution in [0.3, 0.4) is 0 Å². The van der Waals surface area contributed by atoms with Crippen LogP contribution in [-0.2, 0) is 6.42 Å². The van der Waals surface area contributed by atoms with Crippen molar-refractivity contribution in [2.45, 2.75) is 57.4 Å². The molecule has 0 atom stereocenters. The Balaban J connectivity index is 1.89. The van der Waals surface area contributed by atoms with E-state index in [1.54, 1.807) is 0 Å². The molecule has 20 heavy (non-hydrogen) atoms. The van der Waals surface area contributed by atoms with Gasteiger partial charge in [-0.15, -0.1) is 0 Å². The molecule has 1 aromatic carbocycles. The lowest BCUT2D eigenvalue weighted by atomic mass is 9.94. The van der Waals surface area contributed by atoms with Gasteiger partial charge in [-0.05, 0) is 50.8 Å². The minimum Gasteiger partial charge on any atom is -0.329 e. The van der Waals surface area contributed by atoms with Crippen molar-refractivity contribution in [2.24, 2.45) is 5.73 Å². The Morgan fingerprint density at radius 1 is 1.10 bits per heavy atom. The Morgan fingerprint density at radius 3 is 2.40 bits per heavy atom. The smallest absolute Gasteiger partial charge is 0.0331 e. The first-order chi connectivity index (χ1) is 9.80. The minimum atomic E-state index is 0.312. The summed E-state index contributed by atoms with van der Waals surface area (Å²) in [5.74, 6) is 0. The van der Waals surface area contributed by atoms with Gasteiger partial charge in [-0.25, -0.2) is 0 Å². The fourth-order valence-electron chi connectivity index (χ4n) is 3.66. The molecule has 2 rings (SSSR count). The van der Waals surface area contributed by atoms with Gasteiger partial charge in [-0.1, -0.05) is 50.1 Å². The second-order valence-corrected chi connectivity index (χ2v) is 6.21. The Labute approximate surface area is 124 Å². The van der Waals surface area contributed by atoms with Crippen LogP contribution in [0.2, 0.25) is 0 Å². The molecule has 1 aromatic rings. The lowest BCUT2D eigenvalue weighted by Gasteiger charge is -2.41. The second kappa shape index (κ2) is 7.80. The maximum atomic E-state index is 6.14. The summed E-state index contributed by atoms with van der Waals surface area (Å²) in [4.78, 5) is 2.70. The molecule has 0 saturated heterocycles. The van der Waals surface area contributed by atoms with E-state index in [9.17, 15) is 0 Å². The molecule has 0 amide bonds. The second-order valence-electron chi connectivity index (χ2n) is 6.21. The van der Waals surface area contributed by atoms with E-state index in [1.807, 2.05) is 0 Å². The van der Waals surface area contributed by atoms with E-state index in [0.717, 1.165) is 6.54 Å². The van der Waals surface area contributed by atoms with Crippen LogP contribution in [0.4, 0.5) is 0 Å². The van der Waals surface area contributed by atoms with Crippen molar-refractivity contribution in [1.29, 1.82) is 0 Å². The summed E-state index contributed by atoms with van der Waals surface area (Å²) in [6.07, 6.45) is 8.97. The van der Waals surface area contributed by atoms with Crippen molar-refractivity contribution in [2.75, 3.05) is 19.6 Å². The molecule has 112 valence electrons. The van der Waals surface area contributed by atoms with Crippen molar-refractivity contribution >= 4 is 0 Å². The number of aryl methyl sites for hydroxylation is 1. The zero-order valence-electron chi connectivity index (χ0n) is 13.0. The van der Waals surface area contributed by atoms with Crippen molar-refractivity contribution in [3.63, 3.8) is 0 Å². The van der Waals surface area contributed by atoms with E-state index in [0.29, 0.717) is 5.54 Å². The van der Waals surface area contributed by atoms with Crippen molar-refractivity contribution in [1.82, 2.24) is 4.90 Å². The largest absolute Gasteiger partial charge is 0.329 e. The molecule has 0 aliphatic heterocycles. The van der Waals surface area contributed by atoms with Crippen LogP contribution in [0.1, 0.15) is 51.0 Å². The summed E-state index contributed by atoms with van der Waals surface area (Å²) in [5.41, 5.74) is 7.91. The summed E-state index contributed by atoms with van der Waals surface area (Å²) >= 11 is 0. The molecule has 0 radical (unpaired) electrons. The molecule has 0 aromatic heterocycles. The van der Waals surface area contributed by atoms with Gasteiger partial charge < -0.3 is 5.73 Å². The third-order valence-electron chi connectivity index (χ3n) is 4.81. The quantitative estimate of drug-likeness (QED) is 0.785. The highest BCUT2D eigenvalue weighted by atomic mass is 15.2. The van der Waals surface area contributed by atoms with Crippen LogP contribution in [0, 0.1) is 0 Å². The molecular formula is C18H30N2. The average molecular weight is 274 g/mol. The van der Waals surface area contributed by atoms with Crippen LogP contribution in [-0.4, -0.2) is 30.1 Å². The number of nitrogens with zero attached hydrogens (tertiary/aromatic N) is 1. The van der Waals surface area contributed by atoms with Gasteiger partial charge in [0.15, 0.2) is 0 Å². The molecule has 0 bridgehead atoms. The normalized spacial score (nSPS) is 17.8. The van der Waals surface area contributed by atoms with Crippen LogP contribution < -0.4 is 5.73 Å². The number of benzene rings is 1. The first-order valence-corrected chi connectivity index (χ1v) is 8.30. The predicted octanol–water partition coefficient (Wildman–Crippen LogP) is 3.60. The summed E-state index contributed by atoms with van der Waals surface area (Å²) in [6, 6.07) is 10.8. The van der Waals surface area contributed by atoms with Crippen LogP contribution in [0.25, 0.3) is 0 Å². The highest BCUT2D eigenvalue weighted by molar-refractivity contribution is 5.14. The van der Waals surface area contributed by atoms with E-state index in [4.69, 9.17) is 5.73 Å². The first-order valence-electron chi connectivity index (χ1n) is 8.30. The molecule has 1 aliphatic rings. The van der Waals surface area contributed by atoms with Gasteiger partial charge in [0, 0.05) is 12.1 Å². The first kappa shape index (κ1) is 15.5. The lowest BCUT2D eigenvalue weighted by molar-refractivity contribution is 0.0973. The topological polar surface area (TPSA) is 29.3 Å². The van der Waals surface area contributed by atoms with E-state index in [2.05, 4.69) is 42.2 Å². The Hall–Kier alpha value is -0.860. The summed E-state index contributed by atoms with van der Waals surface area (Å²) in [6.45, 7) is 5.51. The molecular weight excluding hydrogens is 244 g/mol. The number of nitrogens with two attached hydrogens (primary N) is 1. The van der Waals surface area contributed by atoms with Crippen molar-refractivity contribution in [3.8, 4) is 0 Å². The highest BCUT2D eigenvalue weighted by Gasteiger charge is 2.37. The van der Waals surface area contributed by atoms with E-state index in [1.165, 1.54) is 63.6 Å². The predicted molar refractivity (Wildman–Crippen MR) is 86.9 cm³/mol. The summed E-state index contributed by atoms with van der Waals surface area (Å²) in [5, 5.41) is 0. The lowest BCUT2D eigenvalue weighted by Crippen LogP contribution is -2.52. The zero-order valence-corrected chi connectivity index (χ0v) is 13.0. The summed E-state index contributed by atoms with van der Waals surface area (Å²) in [7, 11) is 0. The maximum Gasteiger partial charge on any atom is 0.0331 e. The summed E-state index contributed by atoms with van der Waals surface area (Å²) < 4.78 is 0. The number of rotatable bonds is 8. The number of hydrogen-bond donors (Lipinski definition) is 1. The van der Waals surface area contributed by atoms with E-state index in [-0.39, 0.29) is 0 Å². The Kier molecular flexibility index (Phi) is 6.06. The molecule has 0 spiro atoms. The maximum absolute atomic E-state index is 6.14. The SMILES string of the molecule is CCCN(CCCc1ccccc1)C1(CN)CCCC1. The molecule has 1 fully saturated rings. The minimum absolute atomic E-state index is 0.312. The molecule has 0 heterocycles. The van der Waals surface area contributed by atoms with E-state index < -0.39 is 0 Å². The van der Waals surface area contributed by atoms with Crippen molar-refractivity contribution < 1.29 is 0 Å². The van der Waals surface area contributed by atoms with Gasteiger partial charge in [0.25, 0.3) is 0 Å². The highest BCUT2D eigenvalue weighted by Crippen LogP contribution is 2.34. The van der Waals surface area contributed by atoms with Gasteiger partial charge in [-0.2, -0.15) is 0 Å². The fraction of sp³-hybridized carbons (Fsp3) is 0.667.